The maximum absolute atomic E-state index is 11.2. The molecule has 184 valence electrons. The van der Waals surface area contributed by atoms with Crippen LogP contribution >= 0.6 is 0 Å². The number of hydrogen-bond donors (Lipinski definition) is 1. The minimum Gasteiger partial charge on any atom is -0.478 e. The van der Waals surface area contributed by atoms with Crippen molar-refractivity contribution in [2.45, 2.75) is 109 Å². The topological polar surface area (TPSA) is 37.3 Å². The van der Waals surface area contributed by atoms with Crippen LogP contribution in [0.4, 0.5) is 0 Å². The summed E-state index contributed by atoms with van der Waals surface area (Å²) >= 11 is 0. The average molecular weight is 461 g/mol. The minimum absolute atomic E-state index is 0.210. The number of carbonyl (C=O) groups is 1. The van der Waals surface area contributed by atoms with Gasteiger partial charge in [0, 0.05) is 5.92 Å². The molecule has 0 spiro atoms. The van der Waals surface area contributed by atoms with Gasteiger partial charge in [-0.25, -0.2) is 4.79 Å². The maximum atomic E-state index is 11.2. The van der Waals surface area contributed by atoms with Crippen molar-refractivity contribution in [2.24, 2.45) is 0 Å². The molecule has 0 saturated carbocycles. The first-order chi connectivity index (χ1) is 16.1. The van der Waals surface area contributed by atoms with Crippen LogP contribution in [0.2, 0.25) is 0 Å². The van der Waals surface area contributed by atoms with Gasteiger partial charge in [-0.2, -0.15) is 0 Å². The van der Waals surface area contributed by atoms with E-state index >= 15 is 0 Å². The molecule has 0 saturated heterocycles. The van der Waals surface area contributed by atoms with Crippen LogP contribution in [0, 0.1) is 0 Å². The fourth-order valence-corrected chi connectivity index (χ4v) is 5.32. The van der Waals surface area contributed by atoms with Crippen LogP contribution in [0.5, 0.6) is 0 Å². The fourth-order valence-electron chi connectivity index (χ4n) is 5.32. The molecule has 0 bridgehead atoms. The number of carboxylic acid groups (broad SMARTS) is 1. The van der Waals surface area contributed by atoms with E-state index in [2.05, 4.69) is 65.0 Å². The van der Waals surface area contributed by atoms with Gasteiger partial charge in [0.15, 0.2) is 0 Å². The predicted octanol–water partition coefficient (Wildman–Crippen LogP) is 9.28. The number of unbranched alkanes of at least 4 members (excludes halogenated alkanes) is 5. The van der Waals surface area contributed by atoms with E-state index < -0.39 is 5.97 Å². The van der Waals surface area contributed by atoms with Gasteiger partial charge < -0.3 is 5.11 Å². The van der Waals surface area contributed by atoms with Crippen LogP contribution in [0.25, 0.3) is 6.08 Å². The van der Waals surface area contributed by atoms with Crippen molar-refractivity contribution in [3.63, 3.8) is 0 Å². The second kappa shape index (κ2) is 11.4. The summed E-state index contributed by atoms with van der Waals surface area (Å²) in [6.07, 6.45) is 15.9. The quantitative estimate of drug-likeness (QED) is 0.339. The zero-order valence-corrected chi connectivity index (χ0v) is 22.0. The number of allylic oxidation sites excluding steroid dienone is 1. The molecule has 0 aliphatic heterocycles. The summed E-state index contributed by atoms with van der Waals surface area (Å²) in [7, 11) is 0. The summed E-state index contributed by atoms with van der Waals surface area (Å²) in [4.78, 5) is 11.2. The Labute approximate surface area is 207 Å². The van der Waals surface area contributed by atoms with Gasteiger partial charge in [-0.05, 0) is 64.5 Å². The zero-order chi connectivity index (χ0) is 24.8. The van der Waals surface area contributed by atoms with E-state index in [1.807, 2.05) is 12.1 Å². The third-order valence-corrected chi connectivity index (χ3v) is 7.85. The first-order valence-electron chi connectivity index (χ1n) is 13.3. The number of aromatic carboxylic acids is 1. The first kappa shape index (κ1) is 26.3. The zero-order valence-electron chi connectivity index (χ0n) is 22.0. The Bertz CT molecular complexity index is 979. The van der Waals surface area contributed by atoms with Crippen LogP contribution in [0.1, 0.15) is 131 Å². The molecule has 0 fully saturated rings. The van der Waals surface area contributed by atoms with Crippen LogP contribution in [-0.4, -0.2) is 11.1 Å². The number of rotatable bonds is 11. The molecule has 1 aliphatic carbocycles. The molecular weight excluding hydrogens is 416 g/mol. The van der Waals surface area contributed by atoms with Gasteiger partial charge in [0.05, 0.1) is 5.56 Å². The molecule has 1 atom stereocenters. The predicted molar refractivity (Wildman–Crippen MR) is 145 cm³/mol. The summed E-state index contributed by atoms with van der Waals surface area (Å²) in [6, 6.07) is 14.4. The summed E-state index contributed by atoms with van der Waals surface area (Å²) in [5.74, 6) is -0.507. The summed E-state index contributed by atoms with van der Waals surface area (Å²) in [5.41, 5.74) is 6.28. The molecule has 0 heterocycles. The van der Waals surface area contributed by atoms with E-state index in [4.69, 9.17) is 0 Å². The molecule has 34 heavy (non-hydrogen) atoms. The highest BCUT2D eigenvalue weighted by Crippen LogP contribution is 2.46. The van der Waals surface area contributed by atoms with Crippen molar-refractivity contribution in [2.75, 3.05) is 0 Å². The smallest absolute Gasteiger partial charge is 0.335 e. The molecule has 1 N–H and O–H groups in total. The first-order valence-corrected chi connectivity index (χ1v) is 13.3. The molecule has 2 nitrogen and oxygen atoms in total. The molecule has 3 rings (SSSR count). The van der Waals surface area contributed by atoms with Crippen molar-refractivity contribution >= 4 is 12.0 Å². The van der Waals surface area contributed by atoms with E-state index in [-0.39, 0.29) is 10.8 Å². The Hall–Kier alpha value is -2.35. The molecule has 2 aromatic carbocycles. The lowest BCUT2D eigenvalue weighted by Gasteiger charge is -2.42. The summed E-state index contributed by atoms with van der Waals surface area (Å²) in [6.45, 7) is 11.8. The molecule has 2 aromatic rings. The van der Waals surface area contributed by atoms with E-state index in [9.17, 15) is 9.90 Å². The molecule has 0 aromatic heterocycles. The molecular formula is C32H44O2. The lowest BCUT2D eigenvalue weighted by atomic mass is 9.62. The van der Waals surface area contributed by atoms with Crippen molar-refractivity contribution in [1.29, 1.82) is 0 Å². The third-order valence-electron chi connectivity index (χ3n) is 7.85. The lowest BCUT2D eigenvalue weighted by Crippen LogP contribution is -2.34. The van der Waals surface area contributed by atoms with Gasteiger partial charge in [0.25, 0.3) is 0 Å². The summed E-state index contributed by atoms with van der Waals surface area (Å²) < 4.78 is 0. The Morgan fingerprint density at radius 3 is 2.15 bits per heavy atom. The van der Waals surface area contributed by atoms with Crippen molar-refractivity contribution in [3.8, 4) is 0 Å². The molecule has 1 aliphatic rings. The minimum atomic E-state index is -0.879. The highest BCUT2D eigenvalue weighted by atomic mass is 16.4. The van der Waals surface area contributed by atoms with E-state index in [1.54, 1.807) is 12.1 Å². The van der Waals surface area contributed by atoms with Crippen molar-refractivity contribution in [3.05, 3.63) is 76.4 Å². The molecule has 0 radical (unpaired) electrons. The Morgan fingerprint density at radius 1 is 0.882 bits per heavy atom. The van der Waals surface area contributed by atoms with Gasteiger partial charge in [0.2, 0.25) is 0 Å². The van der Waals surface area contributed by atoms with Crippen LogP contribution < -0.4 is 0 Å². The fraction of sp³-hybridized carbons (Fsp3) is 0.531. The summed E-state index contributed by atoms with van der Waals surface area (Å²) in [5, 5.41) is 9.17. The van der Waals surface area contributed by atoms with Gasteiger partial charge in [0.1, 0.15) is 0 Å². The maximum Gasteiger partial charge on any atom is 0.335 e. The van der Waals surface area contributed by atoms with E-state index in [0.29, 0.717) is 11.5 Å². The van der Waals surface area contributed by atoms with E-state index in [1.165, 1.54) is 68.1 Å². The van der Waals surface area contributed by atoms with Crippen molar-refractivity contribution in [1.82, 2.24) is 0 Å². The molecule has 1 unspecified atom stereocenters. The Balaban J connectivity index is 1.85. The Kier molecular flexibility index (Phi) is 8.79. The average Bonchev–Trinajstić information content (AvgIpc) is 2.81. The van der Waals surface area contributed by atoms with Gasteiger partial charge in [-0.1, -0.05) is 116 Å². The number of hydrogen-bond acceptors (Lipinski definition) is 1. The second-order valence-corrected chi connectivity index (χ2v) is 11.5. The van der Waals surface area contributed by atoms with E-state index in [0.717, 1.165) is 12.0 Å². The molecule has 2 heteroatoms. The molecule has 0 amide bonds. The van der Waals surface area contributed by atoms with Gasteiger partial charge >= 0.3 is 5.97 Å². The van der Waals surface area contributed by atoms with Crippen LogP contribution in [-0.2, 0) is 10.8 Å². The van der Waals surface area contributed by atoms with Crippen LogP contribution in [0.3, 0.4) is 0 Å². The monoisotopic (exact) mass is 460 g/mol. The normalized spacial score (nSPS) is 17.4. The second-order valence-electron chi connectivity index (χ2n) is 11.5. The largest absolute Gasteiger partial charge is 0.478 e. The SMILES string of the molecule is CCCCCCCCC(/C=C/c1ccc(C(=O)O)cc1)c1ccc2c(c1)C(C)(C)CCC2(C)C. The lowest BCUT2D eigenvalue weighted by molar-refractivity contribution is 0.0697. The number of fused-ring (bicyclic) bond motifs is 1. The standard InChI is InChI=1S/C32H44O2/c1-6-7-8-9-10-11-12-25(16-13-24-14-17-26(18-15-24)30(33)34)27-19-20-28-29(23-27)32(4,5)22-21-31(28,2)3/h13-20,23,25H,6-12,21-22H2,1-5H3,(H,33,34)/b16-13+. The highest BCUT2D eigenvalue weighted by Gasteiger charge is 2.37. The van der Waals surface area contributed by atoms with Gasteiger partial charge in [-0.3, -0.25) is 0 Å². The van der Waals surface area contributed by atoms with Gasteiger partial charge in [-0.15, -0.1) is 0 Å². The number of benzene rings is 2. The Morgan fingerprint density at radius 2 is 1.50 bits per heavy atom. The van der Waals surface area contributed by atoms with Crippen molar-refractivity contribution < 1.29 is 9.90 Å². The highest BCUT2D eigenvalue weighted by molar-refractivity contribution is 5.87. The third kappa shape index (κ3) is 6.62. The van der Waals surface area contributed by atoms with Crippen LogP contribution in [0.15, 0.2) is 48.5 Å². The number of carboxylic acids is 1.